The highest BCUT2D eigenvalue weighted by Gasteiger charge is 2.00. The molecule has 0 nitrogen and oxygen atoms in total. The van der Waals surface area contributed by atoms with E-state index in [0.29, 0.717) is 0 Å². The third-order valence-corrected chi connectivity index (χ3v) is 5.08. The van der Waals surface area contributed by atoms with Crippen LogP contribution in [0.5, 0.6) is 0 Å². The van der Waals surface area contributed by atoms with Crippen molar-refractivity contribution in [3.05, 3.63) is 42.5 Å². The van der Waals surface area contributed by atoms with Crippen LogP contribution in [0.15, 0.2) is 42.5 Å². The second kappa shape index (κ2) is 9.14. The summed E-state index contributed by atoms with van der Waals surface area (Å²) in [5, 5.41) is 4.30. The molecule has 0 saturated heterocycles. The minimum absolute atomic E-state index is 1.31. The summed E-state index contributed by atoms with van der Waals surface area (Å²) in [5.41, 5.74) is 0. The van der Waals surface area contributed by atoms with Crippen molar-refractivity contribution in [1.82, 2.24) is 0 Å². The molecule has 1 heteroatoms. The predicted octanol–water partition coefficient (Wildman–Crippen LogP) is 6.16. The molecule has 0 atom stereocenters. The lowest BCUT2D eigenvalue weighted by molar-refractivity contribution is 0.603. The van der Waals surface area contributed by atoms with Crippen molar-refractivity contribution < 1.29 is 0 Å². The molecule has 0 aliphatic carbocycles. The molecular weight excluding hydrogens is 259 g/mol. The summed E-state index contributed by atoms with van der Waals surface area (Å²) in [7, 11) is 1.49. The minimum atomic E-state index is 1.31. The summed E-state index contributed by atoms with van der Waals surface area (Å²) in [6, 6.07) is 15.4. The molecular formula is C19H26P. The second-order valence-corrected chi connectivity index (χ2v) is 6.75. The first kappa shape index (κ1) is 15.5. The summed E-state index contributed by atoms with van der Waals surface area (Å²) in [4.78, 5) is 0. The molecule has 2 aromatic carbocycles. The molecule has 20 heavy (non-hydrogen) atoms. The molecule has 0 heterocycles. The lowest BCUT2D eigenvalue weighted by atomic mass is 10.1. The van der Waals surface area contributed by atoms with Gasteiger partial charge in [0.2, 0.25) is 0 Å². The van der Waals surface area contributed by atoms with E-state index in [0.717, 1.165) is 0 Å². The highest BCUT2D eigenvalue weighted by molar-refractivity contribution is 7.47. The van der Waals surface area contributed by atoms with Gasteiger partial charge in [-0.2, -0.15) is 0 Å². The fourth-order valence-electron chi connectivity index (χ4n) is 2.61. The van der Waals surface area contributed by atoms with Crippen molar-refractivity contribution in [3.8, 4) is 0 Å². The lowest BCUT2D eigenvalue weighted by Gasteiger charge is -2.06. The van der Waals surface area contributed by atoms with Gasteiger partial charge in [-0.3, -0.25) is 0 Å². The van der Waals surface area contributed by atoms with Gasteiger partial charge < -0.3 is 0 Å². The van der Waals surface area contributed by atoms with Crippen molar-refractivity contribution in [2.75, 3.05) is 6.16 Å². The van der Waals surface area contributed by atoms with Crippen LogP contribution in [-0.2, 0) is 0 Å². The van der Waals surface area contributed by atoms with E-state index in [1.807, 2.05) is 0 Å². The van der Waals surface area contributed by atoms with Gasteiger partial charge in [0, 0.05) is 0 Å². The van der Waals surface area contributed by atoms with Gasteiger partial charge in [-0.1, -0.05) is 87.9 Å². The third-order valence-electron chi connectivity index (χ3n) is 3.81. The van der Waals surface area contributed by atoms with Crippen molar-refractivity contribution in [1.29, 1.82) is 0 Å². The van der Waals surface area contributed by atoms with Crippen molar-refractivity contribution in [2.24, 2.45) is 0 Å². The van der Waals surface area contributed by atoms with E-state index in [1.54, 1.807) is 0 Å². The fourth-order valence-corrected chi connectivity index (χ4v) is 3.80. The van der Waals surface area contributed by atoms with Crippen LogP contribution in [0.3, 0.4) is 0 Å². The van der Waals surface area contributed by atoms with E-state index in [-0.39, 0.29) is 0 Å². The molecule has 0 unspecified atom stereocenters. The normalized spacial score (nSPS) is 11.7. The molecule has 0 N–H and O–H groups in total. The molecule has 0 fully saturated rings. The van der Waals surface area contributed by atoms with Gasteiger partial charge in [-0.15, -0.1) is 0 Å². The van der Waals surface area contributed by atoms with Gasteiger partial charge >= 0.3 is 0 Å². The maximum atomic E-state index is 2.28. The Bertz CT molecular complexity index is 499. The van der Waals surface area contributed by atoms with Crippen LogP contribution in [-0.4, -0.2) is 6.16 Å². The Labute approximate surface area is 125 Å². The number of fused-ring (bicyclic) bond motifs is 1. The van der Waals surface area contributed by atoms with Crippen LogP contribution in [0, 0.1) is 0 Å². The summed E-state index contributed by atoms with van der Waals surface area (Å²) in [6.07, 6.45) is 11.1. The first-order valence-corrected chi connectivity index (χ1v) is 9.15. The molecule has 1 radical (unpaired) electrons. The summed E-state index contributed by atoms with van der Waals surface area (Å²) in [6.45, 7) is 2.28. The van der Waals surface area contributed by atoms with Crippen molar-refractivity contribution >= 4 is 24.7 Å². The highest BCUT2D eigenvalue weighted by Crippen LogP contribution is 2.21. The zero-order valence-electron chi connectivity index (χ0n) is 12.6. The number of benzene rings is 2. The van der Waals surface area contributed by atoms with Gasteiger partial charge in [0.1, 0.15) is 0 Å². The average molecular weight is 285 g/mol. The quantitative estimate of drug-likeness (QED) is 0.382. The summed E-state index contributed by atoms with van der Waals surface area (Å²) < 4.78 is 0. The molecule has 0 aliphatic heterocycles. The molecule has 107 valence electrons. The zero-order valence-corrected chi connectivity index (χ0v) is 13.5. The predicted molar refractivity (Wildman–Crippen MR) is 93.4 cm³/mol. The Kier molecular flexibility index (Phi) is 7.09. The van der Waals surface area contributed by atoms with E-state index >= 15 is 0 Å². The fraction of sp³-hybridized carbons (Fsp3) is 0.474. The average Bonchev–Trinajstić information content (AvgIpc) is 2.50. The van der Waals surface area contributed by atoms with Crippen LogP contribution >= 0.6 is 8.58 Å². The Morgan fingerprint density at radius 3 is 2.30 bits per heavy atom. The first-order valence-electron chi connectivity index (χ1n) is 8.07. The van der Waals surface area contributed by atoms with Crippen LogP contribution in [0.25, 0.3) is 10.8 Å². The minimum Gasteiger partial charge on any atom is -0.0654 e. The van der Waals surface area contributed by atoms with Gasteiger partial charge in [0.05, 0.1) is 0 Å². The van der Waals surface area contributed by atoms with Gasteiger partial charge in [0.15, 0.2) is 0 Å². The Balaban J connectivity index is 1.71. The SMILES string of the molecule is CCCCCCCCC[P]c1cccc2ccccc12. The molecule has 0 aromatic heterocycles. The molecule has 0 spiro atoms. The first-order chi connectivity index (χ1) is 9.92. The maximum absolute atomic E-state index is 2.28. The molecule has 2 rings (SSSR count). The van der Waals surface area contributed by atoms with Crippen molar-refractivity contribution in [2.45, 2.75) is 51.9 Å². The zero-order chi connectivity index (χ0) is 14.0. The van der Waals surface area contributed by atoms with E-state index in [1.165, 1.54) is 75.8 Å². The monoisotopic (exact) mass is 285 g/mol. The van der Waals surface area contributed by atoms with E-state index in [9.17, 15) is 0 Å². The van der Waals surface area contributed by atoms with Crippen molar-refractivity contribution in [3.63, 3.8) is 0 Å². The largest absolute Gasteiger partial charge is 0.0654 e. The van der Waals surface area contributed by atoms with Crippen LogP contribution in [0.1, 0.15) is 51.9 Å². The van der Waals surface area contributed by atoms with E-state index in [2.05, 4.69) is 49.4 Å². The lowest BCUT2D eigenvalue weighted by Crippen LogP contribution is -1.97. The molecule has 0 bridgehead atoms. The molecule has 0 aliphatic rings. The smallest absolute Gasteiger partial charge is 0.0103 e. The number of unbranched alkanes of at least 4 members (excludes halogenated alkanes) is 6. The van der Waals surface area contributed by atoms with E-state index in [4.69, 9.17) is 0 Å². The Morgan fingerprint density at radius 1 is 0.750 bits per heavy atom. The topological polar surface area (TPSA) is 0 Å². The standard InChI is InChI=1S/C19H26P/c1-2-3-4-5-6-7-10-16-20-19-15-11-13-17-12-8-9-14-18(17)19/h8-9,11-15H,2-7,10,16H2,1H3. The van der Waals surface area contributed by atoms with E-state index < -0.39 is 0 Å². The Hall–Kier alpha value is -0.870. The number of rotatable bonds is 9. The molecule has 0 amide bonds. The van der Waals surface area contributed by atoms with Gasteiger partial charge in [-0.25, -0.2) is 0 Å². The highest BCUT2D eigenvalue weighted by atomic mass is 31.1. The van der Waals surface area contributed by atoms with Crippen LogP contribution in [0.2, 0.25) is 0 Å². The summed E-state index contributed by atoms with van der Waals surface area (Å²) in [5.74, 6) is 0. The number of hydrogen-bond acceptors (Lipinski definition) is 0. The Morgan fingerprint density at radius 2 is 1.45 bits per heavy atom. The summed E-state index contributed by atoms with van der Waals surface area (Å²) >= 11 is 0. The van der Waals surface area contributed by atoms with Crippen LogP contribution < -0.4 is 5.30 Å². The molecule has 0 saturated carbocycles. The maximum Gasteiger partial charge on any atom is -0.0103 e. The third kappa shape index (κ3) is 4.91. The van der Waals surface area contributed by atoms with Gasteiger partial charge in [0.25, 0.3) is 0 Å². The second-order valence-electron chi connectivity index (χ2n) is 5.50. The number of hydrogen-bond donors (Lipinski definition) is 0. The molecule has 2 aromatic rings. The van der Waals surface area contributed by atoms with Gasteiger partial charge in [-0.05, 0) is 37.2 Å². The van der Waals surface area contributed by atoms with Crippen LogP contribution in [0.4, 0.5) is 0 Å².